The molecule has 1 heterocycles. The SMILES string of the molecule is COc1ccnc(N[C@H](C)c2ccc(NC(=O)NC3CC3)cc2)c1. The average molecular weight is 326 g/mol. The molecule has 3 N–H and O–H groups in total. The van der Waals surface area contributed by atoms with Crippen molar-refractivity contribution in [1.29, 1.82) is 0 Å². The molecule has 1 aromatic carbocycles. The number of nitrogens with one attached hydrogen (secondary N) is 3. The first-order valence-corrected chi connectivity index (χ1v) is 8.08. The van der Waals surface area contributed by atoms with Crippen LogP contribution in [0.3, 0.4) is 0 Å². The van der Waals surface area contributed by atoms with Crippen LogP contribution in [-0.2, 0) is 0 Å². The third-order valence-corrected chi connectivity index (χ3v) is 3.91. The summed E-state index contributed by atoms with van der Waals surface area (Å²) in [7, 11) is 1.63. The van der Waals surface area contributed by atoms with Crippen LogP contribution >= 0.6 is 0 Å². The molecule has 0 bridgehead atoms. The summed E-state index contributed by atoms with van der Waals surface area (Å²) in [5.74, 6) is 1.52. The van der Waals surface area contributed by atoms with Gasteiger partial charge in [-0.15, -0.1) is 0 Å². The Balaban J connectivity index is 1.58. The van der Waals surface area contributed by atoms with E-state index in [2.05, 4.69) is 27.9 Å². The molecule has 126 valence electrons. The Morgan fingerprint density at radius 3 is 2.67 bits per heavy atom. The summed E-state index contributed by atoms with van der Waals surface area (Å²) in [5.41, 5.74) is 1.89. The zero-order valence-electron chi connectivity index (χ0n) is 13.9. The van der Waals surface area contributed by atoms with Crippen LogP contribution in [0.5, 0.6) is 5.75 Å². The number of nitrogens with zero attached hydrogens (tertiary/aromatic N) is 1. The Labute approximate surface area is 141 Å². The third kappa shape index (κ3) is 4.38. The molecule has 0 radical (unpaired) electrons. The number of methoxy groups -OCH3 is 1. The van der Waals surface area contributed by atoms with E-state index in [1.54, 1.807) is 13.3 Å². The van der Waals surface area contributed by atoms with Gasteiger partial charge in [-0.3, -0.25) is 0 Å². The molecule has 3 rings (SSSR count). The van der Waals surface area contributed by atoms with E-state index < -0.39 is 0 Å². The monoisotopic (exact) mass is 326 g/mol. The van der Waals surface area contributed by atoms with Crippen LogP contribution in [0.15, 0.2) is 42.6 Å². The van der Waals surface area contributed by atoms with Crippen LogP contribution in [0, 0.1) is 0 Å². The van der Waals surface area contributed by atoms with Gasteiger partial charge in [0.15, 0.2) is 0 Å². The van der Waals surface area contributed by atoms with Crippen molar-refractivity contribution in [3.63, 3.8) is 0 Å². The van der Waals surface area contributed by atoms with E-state index >= 15 is 0 Å². The van der Waals surface area contributed by atoms with E-state index in [9.17, 15) is 4.79 Å². The van der Waals surface area contributed by atoms with Crippen LogP contribution in [0.1, 0.15) is 31.4 Å². The minimum Gasteiger partial charge on any atom is -0.497 e. The summed E-state index contributed by atoms with van der Waals surface area (Å²) in [6.45, 7) is 2.06. The largest absolute Gasteiger partial charge is 0.497 e. The van der Waals surface area contributed by atoms with Crippen molar-refractivity contribution in [1.82, 2.24) is 10.3 Å². The van der Waals surface area contributed by atoms with Crippen LogP contribution < -0.4 is 20.7 Å². The second-order valence-electron chi connectivity index (χ2n) is 5.94. The molecule has 0 aliphatic heterocycles. The van der Waals surface area contributed by atoms with Crippen molar-refractivity contribution >= 4 is 17.5 Å². The average Bonchev–Trinajstić information content (AvgIpc) is 3.39. The van der Waals surface area contributed by atoms with Crippen molar-refractivity contribution in [2.75, 3.05) is 17.7 Å². The molecule has 1 saturated carbocycles. The van der Waals surface area contributed by atoms with Crippen LogP contribution in [0.25, 0.3) is 0 Å². The molecule has 1 atom stereocenters. The number of amides is 2. The van der Waals surface area contributed by atoms with Gasteiger partial charge in [0.1, 0.15) is 11.6 Å². The maximum absolute atomic E-state index is 11.7. The summed E-state index contributed by atoms with van der Waals surface area (Å²) >= 11 is 0. The first-order valence-electron chi connectivity index (χ1n) is 8.08. The Hall–Kier alpha value is -2.76. The topological polar surface area (TPSA) is 75.3 Å². The van der Waals surface area contributed by atoms with Gasteiger partial charge in [-0.1, -0.05) is 12.1 Å². The second kappa shape index (κ2) is 7.21. The van der Waals surface area contributed by atoms with Gasteiger partial charge in [-0.25, -0.2) is 9.78 Å². The quantitative estimate of drug-likeness (QED) is 0.759. The van der Waals surface area contributed by atoms with E-state index in [-0.39, 0.29) is 12.1 Å². The molecule has 1 aliphatic rings. The van der Waals surface area contributed by atoms with Crippen LogP contribution in [0.4, 0.5) is 16.3 Å². The highest BCUT2D eigenvalue weighted by molar-refractivity contribution is 5.89. The van der Waals surface area contributed by atoms with Gasteiger partial charge in [0, 0.05) is 30.0 Å². The Kier molecular flexibility index (Phi) is 4.84. The van der Waals surface area contributed by atoms with Gasteiger partial charge < -0.3 is 20.7 Å². The second-order valence-corrected chi connectivity index (χ2v) is 5.94. The highest BCUT2D eigenvalue weighted by atomic mass is 16.5. The number of hydrogen-bond acceptors (Lipinski definition) is 4. The molecule has 1 fully saturated rings. The number of benzene rings is 1. The Bertz CT molecular complexity index is 698. The zero-order chi connectivity index (χ0) is 16.9. The summed E-state index contributed by atoms with van der Waals surface area (Å²) in [6, 6.07) is 11.7. The van der Waals surface area contributed by atoms with Crippen molar-refractivity contribution in [3.8, 4) is 5.75 Å². The Morgan fingerprint density at radius 2 is 2.00 bits per heavy atom. The van der Waals surface area contributed by atoms with Gasteiger partial charge in [0.2, 0.25) is 0 Å². The minimum absolute atomic E-state index is 0.0824. The molecule has 6 nitrogen and oxygen atoms in total. The van der Waals surface area contributed by atoms with Crippen LogP contribution in [0.2, 0.25) is 0 Å². The lowest BCUT2D eigenvalue weighted by molar-refractivity contribution is 0.251. The number of rotatable bonds is 6. The highest BCUT2D eigenvalue weighted by Crippen LogP contribution is 2.22. The Morgan fingerprint density at radius 1 is 1.25 bits per heavy atom. The molecular formula is C18H22N4O2. The summed E-state index contributed by atoms with van der Waals surface area (Å²) in [5, 5.41) is 9.08. The number of pyridine rings is 1. The molecule has 0 saturated heterocycles. The number of aromatic nitrogens is 1. The lowest BCUT2D eigenvalue weighted by atomic mass is 10.1. The van der Waals surface area contributed by atoms with Gasteiger partial charge in [-0.2, -0.15) is 0 Å². The first-order chi connectivity index (χ1) is 11.6. The molecule has 2 amide bonds. The zero-order valence-corrected chi connectivity index (χ0v) is 13.9. The predicted octanol–water partition coefficient (Wildman–Crippen LogP) is 3.55. The lowest BCUT2D eigenvalue weighted by Gasteiger charge is -2.16. The fourth-order valence-corrected chi connectivity index (χ4v) is 2.36. The fraction of sp³-hybridized carbons (Fsp3) is 0.333. The van der Waals surface area contributed by atoms with Gasteiger partial charge in [0.05, 0.1) is 7.11 Å². The molecule has 0 spiro atoms. The van der Waals surface area contributed by atoms with E-state index in [4.69, 9.17) is 4.74 Å². The first kappa shape index (κ1) is 16.1. The molecule has 1 aliphatic carbocycles. The molecule has 6 heteroatoms. The summed E-state index contributed by atoms with van der Waals surface area (Å²) < 4.78 is 5.20. The number of anilines is 2. The molecule has 0 unspecified atom stereocenters. The minimum atomic E-state index is -0.142. The summed E-state index contributed by atoms with van der Waals surface area (Å²) in [6.07, 6.45) is 3.86. The molecular weight excluding hydrogens is 304 g/mol. The number of hydrogen-bond donors (Lipinski definition) is 3. The normalized spacial score (nSPS) is 14.6. The maximum atomic E-state index is 11.7. The van der Waals surface area contributed by atoms with Crippen molar-refractivity contribution < 1.29 is 9.53 Å². The third-order valence-electron chi connectivity index (χ3n) is 3.91. The van der Waals surface area contributed by atoms with Gasteiger partial charge in [-0.05, 0) is 43.5 Å². The number of carbonyl (C=O) groups is 1. The number of carbonyl (C=O) groups excluding carboxylic acids is 1. The maximum Gasteiger partial charge on any atom is 0.319 e. The number of ether oxygens (including phenoxy) is 1. The van der Waals surface area contributed by atoms with Crippen molar-refractivity contribution in [3.05, 3.63) is 48.2 Å². The van der Waals surface area contributed by atoms with Crippen LogP contribution in [-0.4, -0.2) is 24.2 Å². The lowest BCUT2D eigenvalue weighted by Crippen LogP contribution is -2.30. The number of urea groups is 1. The van der Waals surface area contributed by atoms with Crippen molar-refractivity contribution in [2.45, 2.75) is 31.8 Å². The van der Waals surface area contributed by atoms with Gasteiger partial charge >= 0.3 is 6.03 Å². The molecule has 1 aromatic heterocycles. The van der Waals surface area contributed by atoms with Gasteiger partial charge in [0.25, 0.3) is 0 Å². The molecule has 24 heavy (non-hydrogen) atoms. The van der Waals surface area contributed by atoms with E-state index in [1.165, 1.54) is 0 Å². The van der Waals surface area contributed by atoms with E-state index in [0.717, 1.165) is 35.7 Å². The fourth-order valence-electron chi connectivity index (χ4n) is 2.36. The predicted molar refractivity (Wildman–Crippen MR) is 94.4 cm³/mol. The van der Waals surface area contributed by atoms with Crippen molar-refractivity contribution in [2.24, 2.45) is 0 Å². The van der Waals surface area contributed by atoms with E-state index in [1.807, 2.05) is 36.4 Å². The smallest absolute Gasteiger partial charge is 0.319 e. The standard InChI is InChI=1S/C18H22N4O2/c1-12(20-17-11-16(24-2)9-10-19-17)13-3-5-14(6-4-13)21-18(23)22-15-7-8-15/h3-6,9-12,15H,7-8H2,1-2H3,(H,19,20)(H2,21,22,23)/t12-/m1/s1. The molecule has 2 aromatic rings. The highest BCUT2D eigenvalue weighted by Gasteiger charge is 2.23. The summed E-state index contributed by atoms with van der Waals surface area (Å²) in [4.78, 5) is 16.0. The van der Waals surface area contributed by atoms with E-state index in [0.29, 0.717) is 6.04 Å².